The largest absolute Gasteiger partial charge is 0.380 e. The molecule has 2 aromatic carbocycles. The average molecular weight is 356 g/mol. The van der Waals surface area contributed by atoms with Crippen molar-refractivity contribution in [1.82, 2.24) is 9.78 Å². The van der Waals surface area contributed by atoms with Crippen LogP contribution in [0.1, 0.15) is 21.5 Å². The zero-order valence-electron chi connectivity index (χ0n) is 13.8. The van der Waals surface area contributed by atoms with E-state index in [1.807, 2.05) is 42.5 Å². The van der Waals surface area contributed by atoms with Gasteiger partial charge in [0.05, 0.1) is 19.3 Å². The maximum atomic E-state index is 12.5. The van der Waals surface area contributed by atoms with Crippen LogP contribution in [0.3, 0.4) is 0 Å². The molecule has 5 nitrogen and oxygen atoms in total. The minimum atomic E-state index is -0.184. The summed E-state index contributed by atoms with van der Waals surface area (Å²) >= 11 is 5.91. The van der Waals surface area contributed by atoms with Crippen molar-refractivity contribution < 1.29 is 9.53 Å². The predicted molar refractivity (Wildman–Crippen MR) is 97.9 cm³/mol. The molecule has 0 spiro atoms. The molecule has 25 heavy (non-hydrogen) atoms. The quantitative estimate of drug-likeness (QED) is 0.727. The third-order valence-corrected chi connectivity index (χ3v) is 3.96. The van der Waals surface area contributed by atoms with Crippen molar-refractivity contribution in [3.63, 3.8) is 0 Å². The van der Waals surface area contributed by atoms with Crippen LogP contribution in [-0.2, 0) is 17.9 Å². The second-order valence-corrected chi connectivity index (χ2v) is 6.02. The molecule has 6 heteroatoms. The van der Waals surface area contributed by atoms with Gasteiger partial charge in [0, 0.05) is 23.8 Å². The molecule has 1 heterocycles. The van der Waals surface area contributed by atoms with E-state index in [1.165, 1.54) is 0 Å². The van der Waals surface area contributed by atoms with Gasteiger partial charge in [-0.05, 0) is 35.4 Å². The van der Waals surface area contributed by atoms with Crippen LogP contribution in [0.5, 0.6) is 0 Å². The van der Waals surface area contributed by atoms with Crippen LogP contribution in [0, 0.1) is 0 Å². The molecular formula is C19H18ClN3O2. The smallest absolute Gasteiger partial charge is 0.256 e. The van der Waals surface area contributed by atoms with Crippen LogP contribution in [0.4, 0.5) is 5.82 Å². The second-order valence-electron chi connectivity index (χ2n) is 5.59. The number of nitrogens with one attached hydrogen (secondary N) is 1. The van der Waals surface area contributed by atoms with Crippen molar-refractivity contribution in [2.75, 3.05) is 12.4 Å². The number of carbonyl (C=O) groups is 1. The fourth-order valence-corrected chi connectivity index (χ4v) is 2.61. The number of methoxy groups -OCH3 is 1. The molecule has 0 aliphatic heterocycles. The van der Waals surface area contributed by atoms with Crippen molar-refractivity contribution in [3.8, 4) is 0 Å². The van der Waals surface area contributed by atoms with E-state index in [-0.39, 0.29) is 5.91 Å². The molecule has 0 aliphatic rings. The first-order chi connectivity index (χ1) is 12.2. The van der Waals surface area contributed by atoms with Gasteiger partial charge in [-0.25, -0.2) is 4.68 Å². The number of amides is 1. The summed E-state index contributed by atoms with van der Waals surface area (Å²) in [5.41, 5.74) is 2.57. The summed E-state index contributed by atoms with van der Waals surface area (Å²) in [5, 5.41) is 7.87. The van der Waals surface area contributed by atoms with Crippen molar-refractivity contribution in [3.05, 3.63) is 82.5 Å². The van der Waals surface area contributed by atoms with Crippen LogP contribution in [0.2, 0.25) is 5.02 Å². The van der Waals surface area contributed by atoms with Gasteiger partial charge < -0.3 is 10.1 Å². The number of rotatable bonds is 6. The normalized spacial score (nSPS) is 10.6. The minimum absolute atomic E-state index is 0.184. The molecule has 0 unspecified atom stereocenters. The number of halogens is 1. The Kier molecular flexibility index (Phi) is 5.48. The van der Waals surface area contributed by atoms with Gasteiger partial charge in [0.15, 0.2) is 0 Å². The van der Waals surface area contributed by atoms with E-state index in [9.17, 15) is 4.79 Å². The Morgan fingerprint density at radius 3 is 2.72 bits per heavy atom. The highest BCUT2D eigenvalue weighted by atomic mass is 35.5. The Balaban J connectivity index is 1.73. The molecular weight excluding hydrogens is 338 g/mol. The fraction of sp³-hybridized carbons (Fsp3) is 0.158. The SMILES string of the molecule is COCc1cccc(C(=O)Nc2ccnn2Cc2ccc(Cl)cc2)c1. The molecule has 0 atom stereocenters. The molecule has 0 radical (unpaired) electrons. The average Bonchev–Trinajstić information content (AvgIpc) is 3.04. The molecule has 0 bridgehead atoms. The number of hydrogen-bond donors (Lipinski definition) is 1. The lowest BCUT2D eigenvalue weighted by molar-refractivity contribution is 0.102. The molecule has 0 fully saturated rings. The summed E-state index contributed by atoms with van der Waals surface area (Å²) < 4.78 is 6.84. The van der Waals surface area contributed by atoms with Gasteiger partial charge in [0.1, 0.15) is 5.82 Å². The topological polar surface area (TPSA) is 56.1 Å². The van der Waals surface area contributed by atoms with E-state index in [4.69, 9.17) is 16.3 Å². The highest BCUT2D eigenvalue weighted by Crippen LogP contribution is 2.15. The zero-order chi connectivity index (χ0) is 17.6. The predicted octanol–water partition coefficient (Wildman–Crippen LogP) is 3.98. The lowest BCUT2D eigenvalue weighted by atomic mass is 10.1. The highest BCUT2D eigenvalue weighted by Gasteiger charge is 2.10. The number of nitrogens with zero attached hydrogens (tertiary/aromatic N) is 2. The lowest BCUT2D eigenvalue weighted by Crippen LogP contribution is -2.16. The Bertz CT molecular complexity index is 859. The third-order valence-electron chi connectivity index (χ3n) is 3.70. The third kappa shape index (κ3) is 4.47. The molecule has 3 aromatic rings. The van der Waals surface area contributed by atoms with E-state index in [1.54, 1.807) is 30.1 Å². The van der Waals surface area contributed by atoms with Gasteiger partial charge in [-0.1, -0.05) is 35.9 Å². The monoisotopic (exact) mass is 355 g/mol. The van der Waals surface area contributed by atoms with Crippen LogP contribution in [-0.4, -0.2) is 22.8 Å². The number of benzene rings is 2. The van der Waals surface area contributed by atoms with Crippen molar-refractivity contribution in [2.24, 2.45) is 0 Å². The molecule has 0 aliphatic carbocycles. The van der Waals surface area contributed by atoms with E-state index < -0.39 is 0 Å². The standard InChI is InChI=1S/C19H18ClN3O2/c1-25-13-15-3-2-4-16(11-15)19(24)22-18-9-10-21-23(18)12-14-5-7-17(20)8-6-14/h2-11H,12-13H2,1H3,(H,22,24). The zero-order valence-corrected chi connectivity index (χ0v) is 14.5. The van der Waals surface area contributed by atoms with Crippen molar-refractivity contribution in [2.45, 2.75) is 13.2 Å². The maximum absolute atomic E-state index is 12.5. The van der Waals surface area contributed by atoms with Crippen LogP contribution in [0.25, 0.3) is 0 Å². The Hall–Kier alpha value is -2.63. The van der Waals surface area contributed by atoms with Crippen LogP contribution >= 0.6 is 11.6 Å². The van der Waals surface area contributed by atoms with E-state index in [0.29, 0.717) is 29.6 Å². The molecule has 0 saturated carbocycles. The number of ether oxygens (including phenoxy) is 1. The summed E-state index contributed by atoms with van der Waals surface area (Å²) in [7, 11) is 1.63. The van der Waals surface area contributed by atoms with Crippen molar-refractivity contribution in [1.29, 1.82) is 0 Å². The second kappa shape index (κ2) is 7.96. The lowest BCUT2D eigenvalue weighted by Gasteiger charge is -2.10. The van der Waals surface area contributed by atoms with Gasteiger partial charge in [-0.2, -0.15) is 5.10 Å². The van der Waals surface area contributed by atoms with Gasteiger partial charge in [-0.15, -0.1) is 0 Å². The summed E-state index contributed by atoms with van der Waals surface area (Å²) in [5.74, 6) is 0.452. The molecule has 1 amide bonds. The Morgan fingerprint density at radius 2 is 1.96 bits per heavy atom. The molecule has 0 saturated heterocycles. The maximum Gasteiger partial charge on any atom is 0.256 e. The van der Waals surface area contributed by atoms with Crippen molar-refractivity contribution >= 4 is 23.3 Å². The van der Waals surface area contributed by atoms with Gasteiger partial charge in [0.2, 0.25) is 0 Å². The van der Waals surface area contributed by atoms with Gasteiger partial charge in [-0.3, -0.25) is 4.79 Å². The number of anilines is 1. The fourth-order valence-electron chi connectivity index (χ4n) is 2.49. The van der Waals surface area contributed by atoms with E-state index in [2.05, 4.69) is 10.4 Å². The van der Waals surface area contributed by atoms with Gasteiger partial charge in [0.25, 0.3) is 5.91 Å². The summed E-state index contributed by atoms with van der Waals surface area (Å²) in [6, 6.07) is 16.7. The number of carbonyl (C=O) groups excluding carboxylic acids is 1. The van der Waals surface area contributed by atoms with E-state index >= 15 is 0 Å². The highest BCUT2D eigenvalue weighted by molar-refractivity contribution is 6.30. The summed E-state index contributed by atoms with van der Waals surface area (Å²) in [4.78, 5) is 12.5. The number of aromatic nitrogens is 2. The Labute approximate surface area is 151 Å². The van der Waals surface area contributed by atoms with Gasteiger partial charge >= 0.3 is 0 Å². The number of hydrogen-bond acceptors (Lipinski definition) is 3. The van der Waals surface area contributed by atoms with E-state index in [0.717, 1.165) is 11.1 Å². The summed E-state index contributed by atoms with van der Waals surface area (Å²) in [6.07, 6.45) is 1.66. The first-order valence-corrected chi connectivity index (χ1v) is 8.19. The summed E-state index contributed by atoms with van der Waals surface area (Å²) in [6.45, 7) is 1.01. The molecule has 1 N–H and O–H groups in total. The van der Waals surface area contributed by atoms with Crippen LogP contribution in [0.15, 0.2) is 60.8 Å². The molecule has 128 valence electrons. The first kappa shape index (κ1) is 17.2. The first-order valence-electron chi connectivity index (χ1n) is 7.81. The van der Waals surface area contributed by atoms with Crippen LogP contribution < -0.4 is 5.32 Å². The minimum Gasteiger partial charge on any atom is -0.380 e. The molecule has 3 rings (SSSR count). The Morgan fingerprint density at radius 1 is 1.16 bits per heavy atom. The molecule has 1 aromatic heterocycles.